The lowest BCUT2D eigenvalue weighted by atomic mass is 9.91. The van der Waals surface area contributed by atoms with Crippen molar-refractivity contribution in [2.75, 3.05) is 54.6 Å². The molecule has 0 spiro atoms. The molecule has 5 N–H and O–H groups in total. The minimum absolute atomic E-state index is 0.0401. The van der Waals surface area contributed by atoms with Gasteiger partial charge in [0.15, 0.2) is 17.3 Å². The number of allylic oxidation sites excluding steroid dienone is 3. The van der Waals surface area contributed by atoms with E-state index in [9.17, 15) is 19.8 Å². The number of methoxy groups -OCH3 is 4. The van der Waals surface area contributed by atoms with Crippen LogP contribution in [0.5, 0.6) is 23.0 Å². The number of rotatable bonds is 13. The molecule has 2 atom stereocenters. The number of nitrogens with one attached hydrogen (secondary N) is 1. The van der Waals surface area contributed by atoms with Crippen molar-refractivity contribution in [1.29, 1.82) is 0 Å². The molecule has 14 nitrogen and oxygen atoms in total. The topological polar surface area (TPSA) is 182 Å². The van der Waals surface area contributed by atoms with E-state index in [4.69, 9.17) is 29.4 Å². The minimum Gasteiger partial charge on any atom is -0.508 e. The van der Waals surface area contributed by atoms with Gasteiger partial charge in [0.05, 0.1) is 14.2 Å². The second-order valence-corrected chi connectivity index (χ2v) is 14.5. The van der Waals surface area contributed by atoms with E-state index in [-0.39, 0.29) is 34.5 Å². The first-order valence-corrected chi connectivity index (χ1v) is 19.0. The molecule has 14 heteroatoms. The summed E-state index contributed by atoms with van der Waals surface area (Å²) in [5.74, 6) is 0.602. The summed E-state index contributed by atoms with van der Waals surface area (Å²) in [6, 6.07) is 16.2. The molecule has 1 aliphatic heterocycles. The monoisotopic (exact) mass is 793 g/mol. The molecular formula is C44H51N5O9. The summed E-state index contributed by atoms with van der Waals surface area (Å²) in [5, 5.41) is 28.7. The molecule has 1 fully saturated rings. The number of hydrogen-bond donors (Lipinski definition) is 4. The number of nitrogens with two attached hydrogens (primary N) is 1. The van der Waals surface area contributed by atoms with E-state index in [1.54, 1.807) is 41.3 Å². The van der Waals surface area contributed by atoms with Crippen LogP contribution in [0.4, 0.5) is 4.79 Å². The van der Waals surface area contributed by atoms with Gasteiger partial charge in [-0.25, -0.2) is 4.79 Å². The van der Waals surface area contributed by atoms with Crippen LogP contribution in [0, 0.1) is 6.92 Å². The fourth-order valence-electron chi connectivity index (χ4n) is 7.36. The highest BCUT2D eigenvalue weighted by molar-refractivity contribution is 6.29. The quantitative estimate of drug-likeness (QED) is 0.111. The number of piperazine rings is 1. The second-order valence-electron chi connectivity index (χ2n) is 14.5. The summed E-state index contributed by atoms with van der Waals surface area (Å²) < 4.78 is 27.9. The van der Waals surface area contributed by atoms with Gasteiger partial charge in [0, 0.05) is 87.2 Å². The molecule has 2 unspecified atom stereocenters. The third-order valence-electron chi connectivity index (χ3n) is 10.6. The van der Waals surface area contributed by atoms with Crippen LogP contribution in [0.2, 0.25) is 0 Å². The van der Waals surface area contributed by atoms with Crippen LogP contribution in [0.15, 0.2) is 84.3 Å². The largest absolute Gasteiger partial charge is 0.508 e. The van der Waals surface area contributed by atoms with Gasteiger partial charge in [-0.3, -0.25) is 14.8 Å². The van der Waals surface area contributed by atoms with E-state index in [2.05, 4.69) is 27.2 Å². The van der Waals surface area contributed by atoms with Crippen LogP contribution >= 0.6 is 0 Å². The molecule has 0 saturated carbocycles. The number of aryl methyl sites for hydroxylation is 1. The third kappa shape index (κ3) is 8.59. The zero-order valence-corrected chi connectivity index (χ0v) is 33.9. The molecule has 1 aromatic heterocycles. The Kier molecular flexibility index (Phi) is 12.9. The summed E-state index contributed by atoms with van der Waals surface area (Å²) in [6.45, 7) is 8.75. The maximum absolute atomic E-state index is 13.8. The smallest absolute Gasteiger partial charge is 0.415 e. The summed E-state index contributed by atoms with van der Waals surface area (Å²) >= 11 is 0. The number of H-pyrrole nitrogens is 1. The van der Waals surface area contributed by atoms with Crippen LogP contribution in [0.3, 0.4) is 0 Å². The van der Waals surface area contributed by atoms with Crippen LogP contribution in [-0.2, 0) is 25.5 Å². The zero-order chi connectivity index (χ0) is 41.7. The number of ether oxygens (including phenoxy) is 5. The highest BCUT2D eigenvalue weighted by Crippen LogP contribution is 2.42. The Morgan fingerprint density at radius 3 is 2.28 bits per heavy atom. The SMILES string of the molecule is COC1=CC(C(=O)C(=CN)c2ccc(OC)c(OC(=O)N3CCN(Cc4ccc(-c5c(-c6cc(C(C)C)c(O)cc6O)n[nH]c5C)cc4)CC3)c2)=CC(OC)C1OC. The Balaban J connectivity index is 1.09. The summed E-state index contributed by atoms with van der Waals surface area (Å²) in [4.78, 5) is 31.1. The van der Waals surface area contributed by atoms with Crippen molar-refractivity contribution in [3.63, 3.8) is 0 Å². The maximum Gasteiger partial charge on any atom is 0.415 e. The van der Waals surface area contributed by atoms with Gasteiger partial charge in [-0.2, -0.15) is 5.10 Å². The lowest BCUT2D eigenvalue weighted by Crippen LogP contribution is -2.49. The van der Waals surface area contributed by atoms with Gasteiger partial charge in [-0.1, -0.05) is 44.2 Å². The molecule has 4 aromatic rings. The number of phenols is 2. The Morgan fingerprint density at radius 1 is 0.931 bits per heavy atom. The fraction of sp³-hybridized carbons (Fsp3) is 0.341. The van der Waals surface area contributed by atoms with Gasteiger partial charge in [0.25, 0.3) is 0 Å². The molecule has 58 heavy (non-hydrogen) atoms. The second kappa shape index (κ2) is 18.0. The van der Waals surface area contributed by atoms with Gasteiger partial charge in [-0.15, -0.1) is 0 Å². The van der Waals surface area contributed by atoms with E-state index in [0.717, 1.165) is 27.9 Å². The van der Waals surface area contributed by atoms with E-state index >= 15 is 0 Å². The normalized spacial score (nSPS) is 17.5. The first-order chi connectivity index (χ1) is 27.9. The molecular weight excluding hydrogens is 743 g/mol. The molecule has 3 aromatic carbocycles. The summed E-state index contributed by atoms with van der Waals surface area (Å²) in [7, 11) is 6.03. The molecule has 0 radical (unpaired) electrons. The average molecular weight is 794 g/mol. The number of amides is 1. The molecule has 1 amide bonds. The Morgan fingerprint density at radius 2 is 1.66 bits per heavy atom. The highest BCUT2D eigenvalue weighted by atomic mass is 16.6. The number of carbonyl (C=O) groups excluding carboxylic acids is 2. The standard InChI is InChI=1S/C44H51N5O9/c1-25(2)31-21-32(35(51)22-34(31)50)41-40(26(3)46-47-41)28-10-8-27(9-11-28)24-48-14-16-49(17-15-48)44(53)58-37-18-29(12-13-36(37)54-4)33(23-45)42(52)30-19-38(55-5)43(57-7)39(20-30)56-6/h8-13,18-23,25,38,43,50-51H,14-17,24,45H2,1-7H3,(H,46,47). The van der Waals surface area contributed by atoms with E-state index in [0.29, 0.717) is 66.6 Å². The number of aromatic hydroxyl groups is 2. The zero-order valence-electron chi connectivity index (χ0n) is 33.9. The number of ketones is 1. The Hall–Kier alpha value is -6.09. The molecule has 6 rings (SSSR count). The number of hydrogen-bond acceptors (Lipinski definition) is 12. The van der Waals surface area contributed by atoms with Gasteiger partial charge >= 0.3 is 6.09 Å². The first kappa shape index (κ1) is 41.5. The molecule has 2 heterocycles. The van der Waals surface area contributed by atoms with Crippen molar-refractivity contribution < 1.29 is 43.5 Å². The number of phenolic OH excluding ortho intramolecular Hbond substituents is 2. The van der Waals surface area contributed by atoms with Crippen molar-refractivity contribution in [1.82, 2.24) is 20.0 Å². The van der Waals surface area contributed by atoms with Gasteiger partial charge < -0.3 is 44.5 Å². The lowest BCUT2D eigenvalue weighted by molar-refractivity contribution is -0.110. The minimum atomic E-state index is -0.560. The summed E-state index contributed by atoms with van der Waals surface area (Å²) in [5.41, 5.74) is 12.6. The fourth-order valence-corrected chi connectivity index (χ4v) is 7.36. The summed E-state index contributed by atoms with van der Waals surface area (Å²) in [6.07, 6.45) is 2.87. The van der Waals surface area contributed by atoms with Crippen molar-refractivity contribution >= 4 is 17.4 Å². The highest BCUT2D eigenvalue weighted by Gasteiger charge is 2.32. The predicted molar refractivity (Wildman–Crippen MR) is 219 cm³/mol. The third-order valence-corrected chi connectivity index (χ3v) is 10.6. The van der Waals surface area contributed by atoms with Crippen molar-refractivity contribution in [2.45, 2.75) is 45.4 Å². The number of Topliss-reactive ketones (excluding diaryl/α,β-unsaturated/α-hetero) is 1. The number of nitrogens with zero attached hydrogens (tertiary/aromatic N) is 3. The Labute approximate surface area is 338 Å². The molecule has 1 saturated heterocycles. The first-order valence-electron chi connectivity index (χ1n) is 19.0. The molecule has 306 valence electrons. The van der Waals surface area contributed by atoms with Gasteiger partial charge in [-0.05, 0) is 65.4 Å². The van der Waals surface area contributed by atoms with E-state index in [1.165, 1.54) is 40.7 Å². The molecule has 2 aliphatic rings. The van der Waals surface area contributed by atoms with Crippen LogP contribution in [-0.4, -0.2) is 109 Å². The number of aromatic nitrogens is 2. The van der Waals surface area contributed by atoms with Crippen LogP contribution < -0.4 is 15.2 Å². The number of carbonyl (C=O) groups is 2. The van der Waals surface area contributed by atoms with Gasteiger partial charge in [0.1, 0.15) is 35.2 Å². The predicted octanol–water partition coefficient (Wildman–Crippen LogP) is 6.28. The van der Waals surface area contributed by atoms with Gasteiger partial charge in [0.2, 0.25) is 0 Å². The molecule has 1 aliphatic carbocycles. The van der Waals surface area contributed by atoms with Crippen LogP contribution in [0.25, 0.3) is 28.0 Å². The number of benzene rings is 3. The van der Waals surface area contributed by atoms with Crippen LogP contribution in [0.1, 0.15) is 42.1 Å². The van der Waals surface area contributed by atoms with E-state index in [1.807, 2.05) is 32.9 Å². The van der Waals surface area contributed by atoms with Crippen molar-refractivity contribution in [3.05, 3.63) is 107 Å². The molecule has 0 bridgehead atoms. The van der Waals surface area contributed by atoms with E-state index < -0.39 is 18.3 Å². The number of aromatic amines is 1. The Bertz CT molecular complexity index is 2230. The van der Waals surface area contributed by atoms with Crippen molar-refractivity contribution in [2.24, 2.45) is 5.73 Å². The van der Waals surface area contributed by atoms with Crippen molar-refractivity contribution in [3.8, 4) is 45.4 Å². The average Bonchev–Trinajstić information content (AvgIpc) is 3.61. The maximum atomic E-state index is 13.8. The lowest BCUT2D eigenvalue weighted by Gasteiger charge is -2.34.